The third-order valence-electron chi connectivity index (χ3n) is 4.54. The van der Waals surface area contributed by atoms with E-state index in [1.54, 1.807) is 45.0 Å². The summed E-state index contributed by atoms with van der Waals surface area (Å²) >= 11 is 0. The SMILES string of the molecule is Cc1cc(Cn2c(=O)n(C(=O)N[C@H](C(N)=O)C(C)(C)C)c3ccccc32)n[nH]1. The van der Waals surface area contributed by atoms with Crippen molar-refractivity contribution in [1.29, 1.82) is 0 Å². The normalized spacial score (nSPS) is 12.9. The third kappa shape index (κ3) is 3.55. The zero-order valence-electron chi connectivity index (χ0n) is 16.3. The number of H-pyrrole nitrogens is 1. The van der Waals surface area contributed by atoms with Crippen molar-refractivity contribution in [2.45, 2.75) is 40.3 Å². The number of imidazole rings is 1. The molecule has 0 aliphatic carbocycles. The standard InChI is InChI=1S/C19H24N6O3/c1-11-9-12(23-22-11)10-24-13-7-5-6-8-14(13)25(18(24)28)17(27)21-15(16(20)26)19(2,3)4/h5-9,15H,10H2,1-4H3,(H2,20,26)(H,21,27)(H,22,23)/t15-/m1/s1. The first-order chi connectivity index (χ1) is 13.1. The maximum absolute atomic E-state index is 13.1. The van der Waals surface area contributed by atoms with E-state index >= 15 is 0 Å². The molecule has 0 spiro atoms. The molecule has 2 aromatic heterocycles. The number of amides is 2. The van der Waals surface area contributed by atoms with Gasteiger partial charge in [-0.15, -0.1) is 0 Å². The first-order valence-electron chi connectivity index (χ1n) is 8.91. The van der Waals surface area contributed by atoms with Gasteiger partial charge in [-0.3, -0.25) is 14.5 Å². The second kappa shape index (κ2) is 6.99. The zero-order valence-corrected chi connectivity index (χ0v) is 16.3. The van der Waals surface area contributed by atoms with E-state index in [0.29, 0.717) is 16.7 Å². The van der Waals surface area contributed by atoms with Gasteiger partial charge >= 0.3 is 11.7 Å². The monoisotopic (exact) mass is 384 g/mol. The number of carbonyl (C=O) groups is 2. The smallest absolute Gasteiger partial charge is 0.337 e. The molecule has 1 aromatic carbocycles. The number of primary amides is 1. The van der Waals surface area contributed by atoms with Crippen molar-refractivity contribution >= 4 is 23.0 Å². The number of hydrogen-bond donors (Lipinski definition) is 3. The number of benzene rings is 1. The molecule has 0 aliphatic rings. The van der Waals surface area contributed by atoms with Crippen LogP contribution in [-0.2, 0) is 11.3 Å². The number of aromatic amines is 1. The van der Waals surface area contributed by atoms with Crippen LogP contribution in [-0.4, -0.2) is 37.3 Å². The van der Waals surface area contributed by atoms with Gasteiger partial charge in [0.1, 0.15) is 6.04 Å². The molecule has 0 fully saturated rings. The highest BCUT2D eigenvalue weighted by atomic mass is 16.2. The lowest BCUT2D eigenvalue weighted by molar-refractivity contribution is -0.122. The molecule has 148 valence electrons. The van der Waals surface area contributed by atoms with Crippen LogP contribution in [0.4, 0.5) is 4.79 Å². The molecule has 0 saturated heterocycles. The topological polar surface area (TPSA) is 128 Å². The number of nitrogens with one attached hydrogen (secondary N) is 2. The first kappa shape index (κ1) is 19.4. The van der Waals surface area contributed by atoms with E-state index in [0.717, 1.165) is 10.3 Å². The van der Waals surface area contributed by atoms with E-state index in [1.807, 2.05) is 13.0 Å². The van der Waals surface area contributed by atoms with Gasteiger partial charge in [-0.05, 0) is 30.5 Å². The summed E-state index contributed by atoms with van der Waals surface area (Å²) in [6.07, 6.45) is 0. The van der Waals surface area contributed by atoms with Crippen LogP contribution in [0.25, 0.3) is 11.0 Å². The molecular weight excluding hydrogens is 360 g/mol. The van der Waals surface area contributed by atoms with E-state index in [2.05, 4.69) is 15.5 Å². The number of carbonyl (C=O) groups excluding carboxylic acids is 2. The molecule has 1 atom stereocenters. The molecule has 3 rings (SSSR count). The molecule has 0 bridgehead atoms. The van der Waals surface area contributed by atoms with Crippen molar-refractivity contribution < 1.29 is 9.59 Å². The summed E-state index contributed by atoms with van der Waals surface area (Å²) < 4.78 is 2.50. The Labute approximate surface area is 161 Å². The van der Waals surface area contributed by atoms with Crippen molar-refractivity contribution in [1.82, 2.24) is 24.6 Å². The molecule has 2 amide bonds. The van der Waals surface area contributed by atoms with E-state index in [-0.39, 0.29) is 6.54 Å². The Morgan fingerprint density at radius 3 is 2.43 bits per heavy atom. The predicted molar refractivity (Wildman–Crippen MR) is 105 cm³/mol. The third-order valence-corrected chi connectivity index (χ3v) is 4.54. The van der Waals surface area contributed by atoms with Gasteiger partial charge in [-0.25, -0.2) is 14.2 Å². The Balaban J connectivity index is 2.06. The van der Waals surface area contributed by atoms with Gasteiger partial charge in [-0.1, -0.05) is 32.9 Å². The predicted octanol–water partition coefficient (Wildman–Crippen LogP) is 1.34. The molecular formula is C19H24N6O3. The van der Waals surface area contributed by atoms with Gasteiger partial charge in [0.2, 0.25) is 5.91 Å². The number of nitrogens with two attached hydrogens (primary N) is 1. The summed E-state index contributed by atoms with van der Waals surface area (Å²) in [4.78, 5) is 37.8. The van der Waals surface area contributed by atoms with Crippen LogP contribution in [0.5, 0.6) is 0 Å². The summed E-state index contributed by atoms with van der Waals surface area (Å²) in [7, 11) is 0. The fourth-order valence-corrected chi connectivity index (χ4v) is 3.18. The molecule has 9 nitrogen and oxygen atoms in total. The molecule has 0 aliphatic heterocycles. The minimum absolute atomic E-state index is 0.211. The van der Waals surface area contributed by atoms with Gasteiger partial charge in [0.05, 0.1) is 23.3 Å². The highest BCUT2D eigenvalue weighted by Gasteiger charge is 2.32. The molecule has 9 heteroatoms. The number of nitrogens with zero attached hydrogens (tertiary/aromatic N) is 3. The van der Waals surface area contributed by atoms with Crippen molar-refractivity contribution in [2.24, 2.45) is 11.1 Å². The van der Waals surface area contributed by atoms with Crippen molar-refractivity contribution in [3.05, 3.63) is 52.2 Å². The number of fused-ring (bicyclic) bond motifs is 1. The maximum Gasteiger partial charge on any atom is 0.337 e. The fourth-order valence-electron chi connectivity index (χ4n) is 3.18. The van der Waals surface area contributed by atoms with E-state index in [1.165, 1.54) is 4.57 Å². The number of hydrogen-bond acceptors (Lipinski definition) is 4. The molecule has 2 heterocycles. The largest absolute Gasteiger partial charge is 0.368 e. The second-order valence-corrected chi connectivity index (χ2v) is 7.89. The van der Waals surface area contributed by atoms with Gasteiger partial charge in [-0.2, -0.15) is 5.10 Å². The van der Waals surface area contributed by atoms with Gasteiger partial charge in [0.15, 0.2) is 0 Å². The minimum atomic E-state index is -0.928. The van der Waals surface area contributed by atoms with Gasteiger partial charge in [0.25, 0.3) is 0 Å². The Morgan fingerprint density at radius 1 is 1.25 bits per heavy atom. The molecule has 0 radical (unpaired) electrons. The van der Waals surface area contributed by atoms with Crippen LogP contribution in [0, 0.1) is 12.3 Å². The summed E-state index contributed by atoms with van der Waals surface area (Å²) in [6.45, 7) is 7.44. The van der Waals surface area contributed by atoms with E-state index in [9.17, 15) is 14.4 Å². The first-order valence-corrected chi connectivity index (χ1v) is 8.91. The van der Waals surface area contributed by atoms with Gasteiger partial charge < -0.3 is 11.1 Å². The van der Waals surface area contributed by atoms with Crippen molar-refractivity contribution in [3.63, 3.8) is 0 Å². The lowest BCUT2D eigenvalue weighted by Gasteiger charge is -2.28. The molecule has 0 unspecified atom stereocenters. The lowest BCUT2D eigenvalue weighted by atomic mass is 9.86. The van der Waals surface area contributed by atoms with Crippen LogP contribution in [0.15, 0.2) is 35.1 Å². The van der Waals surface area contributed by atoms with Crippen molar-refractivity contribution in [2.75, 3.05) is 0 Å². The summed E-state index contributed by atoms with van der Waals surface area (Å²) in [5.41, 5.74) is 6.91. The average molecular weight is 384 g/mol. The Hall–Kier alpha value is -3.36. The highest BCUT2D eigenvalue weighted by Crippen LogP contribution is 2.20. The van der Waals surface area contributed by atoms with E-state index in [4.69, 9.17) is 5.73 Å². The highest BCUT2D eigenvalue weighted by molar-refractivity contribution is 5.92. The van der Waals surface area contributed by atoms with Crippen LogP contribution >= 0.6 is 0 Å². The molecule has 3 aromatic rings. The average Bonchev–Trinajstić information content (AvgIpc) is 3.13. The van der Waals surface area contributed by atoms with Crippen LogP contribution in [0.1, 0.15) is 32.2 Å². The summed E-state index contributed by atoms with van der Waals surface area (Å²) in [6, 6.07) is 7.18. The Morgan fingerprint density at radius 2 is 1.89 bits per heavy atom. The number of aromatic nitrogens is 4. The van der Waals surface area contributed by atoms with Crippen molar-refractivity contribution in [3.8, 4) is 0 Å². The zero-order chi connectivity index (χ0) is 20.6. The molecule has 0 saturated carbocycles. The molecule has 28 heavy (non-hydrogen) atoms. The summed E-state index contributed by atoms with van der Waals surface area (Å²) in [5.74, 6) is -0.662. The van der Waals surface area contributed by atoms with Crippen LogP contribution < -0.4 is 16.7 Å². The fraction of sp³-hybridized carbons (Fsp3) is 0.368. The number of rotatable bonds is 4. The van der Waals surface area contributed by atoms with Gasteiger partial charge in [0, 0.05) is 5.69 Å². The van der Waals surface area contributed by atoms with Crippen LogP contribution in [0.3, 0.4) is 0 Å². The number of aryl methyl sites for hydroxylation is 1. The lowest BCUT2D eigenvalue weighted by Crippen LogP contribution is -2.54. The Kier molecular flexibility index (Phi) is 4.84. The maximum atomic E-state index is 13.1. The Bertz CT molecular complexity index is 1100. The minimum Gasteiger partial charge on any atom is -0.368 e. The van der Waals surface area contributed by atoms with E-state index < -0.39 is 29.1 Å². The summed E-state index contributed by atoms with van der Waals surface area (Å²) in [5, 5.41) is 9.60. The quantitative estimate of drug-likeness (QED) is 0.627. The second-order valence-electron chi connectivity index (χ2n) is 7.89. The van der Waals surface area contributed by atoms with Crippen LogP contribution in [0.2, 0.25) is 0 Å². The molecule has 4 N–H and O–H groups in total. The number of para-hydroxylation sites is 2.